The van der Waals surface area contributed by atoms with Crippen molar-refractivity contribution in [3.63, 3.8) is 0 Å². The number of likely N-dealkylation sites (tertiary alicyclic amines) is 1. The fourth-order valence-electron chi connectivity index (χ4n) is 5.95. The van der Waals surface area contributed by atoms with Gasteiger partial charge in [0.2, 0.25) is 0 Å². The first kappa shape index (κ1) is 26.9. The first-order valence-corrected chi connectivity index (χ1v) is 13.8. The van der Waals surface area contributed by atoms with Crippen molar-refractivity contribution in [2.75, 3.05) is 39.3 Å². The van der Waals surface area contributed by atoms with Crippen LogP contribution in [-0.4, -0.2) is 83.2 Å². The summed E-state index contributed by atoms with van der Waals surface area (Å²) in [6.45, 7) is 7.03. The molecule has 0 bridgehead atoms. The Hall–Kier alpha value is -2.19. The SMILES string of the molecule is CCCN(C(=O)OCc1ccc(F)cc1)C1CCN(CC2CCC(N(CC(=O)O)CC3CC3)C2)CC1. The van der Waals surface area contributed by atoms with Gasteiger partial charge in [0.1, 0.15) is 12.4 Å². The highest BCUT2D eigenvalue weighted by Crippen LogP contribution is 2.35. The van der Waals surface area contributed by atoms with Crippen LogP contribution >= 0.6 is 0 Å². The number of hydrogen-bond donors (Lipinski definition) is 1. The Bertz CT molecular complexity index is 855. The number of halogens is 1. The zero-order valence-corrected chi connectivity index (χ0v) is 21.6. The smallest absolute Gasteiger partial charge is 0.410 e. The van der Waals surface area contributed by atoms with E-state index < -0.39 is 5.97 Å². The largest absolute Gasteiger partial charge is 0.480 e. The quantitative estimate of drug-likeness (QED) is 0.449. The lowest BCUT2D eigenvalue weighted by atomic mass is 10.0. The van der Waals surface area contributed by atoms with E-state index >= 15 is 0 Å². The molecule has 0 radical (unpaired) electrons. The molecule has 2 atom stereocenters. The lowest BCUT2D eigenvalue weighted by Gasteiger charge is -2.38. The van der Waals surface area contributed by atoms with Crippen LogP contribution in [0.25, 0.3) is 0 Å². The number of amides is 1. The van der Waals surface area contributed by atoms with Crippen molar-refractivity contribution in [2.24, 2.45) is 11.8 Å². The molecule has 200 valence electrons. The van der Waals surface area contributed by atoms with Crippen LogP contribution in [0.15, 0.2) is 24.3 Å². The summed E-state index contributed by atoms with van der Waals surface area (Å²) in [5.74, 6) is 0.313. The minimum Gasteiger partial charge on any atom is -0.480 e. The van der Waals surface area contributed by atoms with Gasteiger partial charge in [0, 0.05) is 44.8 Å². The standard InChI is InChI=1S/C28H42FN3O4/c1-2-13-32(28(35)36-20-22-5-8-24(29)9-6-22)25-11-14-30(15-12-25)17-23-7-10-26(16-23)31(19-27(33)34)18-21-3-4-21/h5-6,8-9,21,23,25-26H,2-4,7,10-20H2,1H3,(H,33,34). The zero-order valence-electron chi connectivity index (χ0n) is 21.6. The molecule has 4 rings (SSSR count). The van der Waals surface area contributed by atoms with Crippen LogP contribution in [0.1, 0.15) is 63.9 Å². The molecule has 7 nitrogen and oxygen atoms in total. The summed E-state index contributed by atoms with van der Waals surface area (Å²) < 4.78 is 18.7. The van der Waals surface area contributed by atoms with Crippen LogP contribution in [0, 0.1) is 17.7 Å². The molecule has 1 saturated heterocycles. The molecule has 2 aliphatic carbocycles. The normalized spacial score (nSPS) is 23.2. The van der Waals surface area contributed by atoms with Crippen molar-refractivity contribution in [3.05, 3.63) is 35.6 Å². The molecule has 0 aromatic heterocycles. The number of carboxylic acids is 1. The number of hydrogen-bond acceptors (Lipinski definition) is 5. The van der Waals surface area contributed by atoms with E-state index in [0.717, 1.165) is 63.8 Å². The molecule has 3 fully saturated rings. The number of aliphatic carboxylic acids is 1. The second-order valence-electron chi connectivity index (χ2n) is 11.0. The van der Waals surface area contributed by atoms with E-state index in [0.29, 0.717) is 24.4 Å². The maximum Gasteiger partial charge on any atom is 0.410 e. The first-order valence-electron chi connectivity index (χ1n) is 13.8. The number of carbonyl (C=O) groups excluding carboxylic acids is 1. The Kier molecular flexibility index (Phi) is 9.60. The van der Waals surface area contributed by atoms with E-state index in [9.17, 15) is 19.1 Å². The predicted molar refractivity (Wildman–Crippen MR) is 136 cm³/mol. The highest BCUT2D eigenvalue weighted by atomic mass is 19.1. The van der Waals surface area contributed by atoms with Crippen LogP contribution in [-0.2, 0) is 16.1 Å². The Morgan fingerprint density at radius 3 is 2.36 bits per heavy atom. The number of rotatable bonds is 12. The van der Waals surface area contributed by atoms with Crippen molar-refractivity contribution < 1.29 is 23.8 Å². The fraction of sp³-hybridized carbons (Fsp3) is 0.714. The molecule has 1 aliphatic heterocycles. The third-order valence-corrected chi connectivity index (χ3v) is 8.05. The molecule has 1 aromatic carbocycles. The van der Waals surface area contributed by atoms with Gasteiger partial charge in [-0.2, -0.15) is 0 Å². The summed E-state index contributed by atoms with van der Waals surface area (Å²) in [6, 6.07) is 6.64. The predicted octanol–water partition coefficient (Wildman–Crippen LogP) is 4.60. The molecule has 36 heavy (non-hydrogen) atoms. The number of carbonyl (C=O) groups is 2. The van der Waals surface area contributed by atoms with Gasteiger partial charge in [-0.25, -0.2) is 9.18 Å². The first-order chi connectivity index (χ1) is 17.4. The van der Waals surface area contributed by atoms with Crippen LogP contribution in [0.2, 0.25) is 0 Å². The van der Waals surface area contributed by atoms with E-state index in [1.54, 1.807) is 12.1 Å². The third-order valence-electron chi connectivity index (χ3n) is 8.05. The molecule has 8 heteroatoms. The van der Waals surface area contributed by atoms with Crippen molar-refractivity contribution in [1.29, 1.82) is 0 Å². The molecule has 1 N–H and O–H groups in total. The minimum atomic E-state index is -0.714. The highest BCUT2D eigenvalue weighted by molar-refractivity contribution is 5.69. The van der Waals surface area contributed by atoms with Gasteiger partial charge >= 0.3 is 12.1 Å². The van der Waals surface area contributed by atoms with E-state index in [1.807, 2.05) is 4.90 Å². The molecular formula is C28H42FN3O4. The van der Waals surface area contributed by atoms with Gasteiger partial charge in [-0.1, -0.05) is 19.1 Å². The number of carboxylic acid groups (broad SMARTS) is 1. The van der Waals surface area contributed by atoms with E-state index in [-0.39, 0.29) is 31.1 Å². The average molecular weight is 504 g/mol. The molecule has 1 heterocycles. The molecule has 3 aliphatic rings. The number of ether oxygens (including phenoxy) is 1. The minimum absolute atomic E-state index is 0.153. The van der Waals surface area contributed by atoms with Gasteiger partial charge in [0.15, 0.2) is 0 Å². The van der Waals surface area contributed by atoms with Gasteiger partial charge in [-0.05, 0) is 80.9 Å². The maximum absolute atomic E-state index is 13.1. The number of piperidine rings is 1. The Balaban J connectivity index is 1.21. The van der Waals surface area contributed by atoms with Gasteiger partial charge < -0.3 is 19.6 Å². The van der Waals surface area contributed by atoms with E-state index in [4.69, 9.17) is 4.74 Å². The zero-order chi connectivity index (χ0) is 25.5. The van der Waals surface area contributed by atoms with Crippen molar-refractivity contribution in [2.45, 2.75) is 77.0 Å². The summed E-state index contributed by atoms with van der Waals surface area (Å²) in [5.41, 5.74) is 0.782. The maximum atomic E-state index is 13.1. The molecule has 2 saturated carbocycles. The van der Waals surface area contributed by atoms with Crippen LogP contribution in [0.3, 0.4) is 0 Å². The Morgan fingerprint density at radius 1 is 1.03 bits per heavy atom. The van der Waals surface area contributed by atoms with Gasteiger partial charge in [0.25, 0.3) is 0 Å². The average Bonchev–Trinajstić information content (AvgIpc) is 3.56. The lowest BCUT2D eigenvalue weighted by molar-refractivity contribution is -0.139. The van der Waals surface area contributed by atoms with Crippen LogP contribution in [0.4, 0.5) is 9.18 Å². The van der Waals surface area contributed by atoms with Gasteiger partial charge in [0.05, 0.1) is 6.54 Å². The van der Waals surface area contributed by atoms with E-state index in [2.05, 4.69) is 16.7 Å². The highest BCUT2D eigenvalue weighted by Gasteiger charge is 2.35. The third kappa shape index (κ3) is 7.90. The van der Waals surface area contributed by atoms with Crippen LogP contribution in [0.5, 0.6) is 0 Å². The number of benzene rings is 1. The Morgan fingerprint density at radius 2 is 1.72 bits per heavy atom. The van der Waals surface area contributed by atoms with E-state index in [1.165, 1.54) is 31.4 Å². The molecule has 2 unspecified atom stereocenters. The van der Waals surface area contributed by atoms with Gasteiger partial charge in [-0.15, -0.1) is 0 Å². The second kappa shape index (κ2) is 12.9. The van der Waals surface area contributed by atoms with Crippen molar-refractivity contribution in [3.8, 4) is 0 Å². The molecule has 0 spiro atoms. The van der Waals surface area contributed by atoms with Crippen LogP contribution < -0.4 is 0 Å². The fourth-order valence-corrected chi connectivity index (χ4v) is 5.95. The second-order valence-corrected chi connectivity index (χ2v) is 11.0. The molecule has 1 aromatic rings. The molecule has 1 amide bonds. The topological polar surface area (TPSA) is 73.3 Å². The van der Waals surface area contributed by atoms with Crippen molar-refractivity contribution in [1.82, 2.24) is 14.7 Å². The summed E-state index contributed by atoms with van der Waals surface area (Å²) in [6.07, 6.45) is 8.33. The summed E-state index contributed by atoms with van der Waals surface area (Å²) >= 11 is 0. The van der Waals surface area contributed by atoms with Crippen molar-refractivity contribution >= 4 is 12.1 Å². The Labute approximate surface area is 214 Å². The monoisotopic (exact) mass is 503 g/mol. The lowest BCUT2D eigenvalue weighted by Crippen LogP contribution is -2.48. The summed E-state index contributed by atoms with van der Waals surface area (Å²) in [4.78, 5) is 30.9. The van der Waals surface area contributed by atoms with Gasteiger partial charge in [-0.3, -0.25) is 9.69 Å². The number of nitrogens with zero attached hydrogens (tertiary/aromatic N) is 3. The molecular weight excluding hydrogens is 461 g/mol. The summed E-state index contributed by atoms with van der Waals surface area (Å²) in [5, 5.41) is 9.35. The summed E-state index contributed by atoms with van der Waals surface area (Å²) in [7, 11) is 0.